The predicted molar refractivity (Wildman–Crippen MR) is 97.0 cm³/mol. The molecule has 2 rings (SSSR count). The molecule has 0 aliphatic rings. The summed E-state index contributed by atoms with van der Waals surface area (Å²) in [6, 6.07) is 16.3. The van der Waals surface area contributed by atoms with Gasteiger partial charge < -0.3 is 10.1 Å². The number of hydrogen-bond donors (Lipinski definition) is 1. The molecule has 0 saturated carbocycles. The minimum atomic E-state index is -0.569. The van der Waals surface area contributed by atoms with Gasteiger partial charge in [-0.3, -0.25) is 14.4 Å². The number of halogens is 1. The monoisotopic (exact) mass is 403 g/mol. The number of ketones is 1. The minimum Gasteiger partial charge on any atom is -0.456 e. The maximum Gasteiger partial charge on any atom is 0.306 e. The Kier molecular flexibility index (Phi) is 7.35. The predicted octanol–water partition coefficient (Wildman–Crippen LogP) is 3.27. The molecule has 0 aliphatic carbocycles. The number of amides is 1. The number of nitrogens with one attached hydrogen (secondary N) is 1. The van der Waals surface area contributed by atoms with Crippen molar-refractivity contribution in [3.05, 3.63) is 70.2 Å². The van der Waals surface area contributed by atoms with Crippen LogP contribution < -0.4 is 5.32 Å². The van der Waals surface area contributed by atoms with Gasteiger partial charge in [-0.25, -0.2) is 0 Å². The maximum absolute atomic E-state index is 12.0. The summed E-state index contributed by atoms with van der Waals surface area (Å²) in [6.45, 7) is 0.0252. The van der Waals surface area contributed by atoms with Crippen LogP contribution in [0.1, 0.15) is 28.8 Å². The van der Waals surface area contributed by atoms with Crippen LogP contribution in [0.2, 0.25) is 0 Å². The molecule has 0 spiro atoms. The number of rotatable bonds is 8. The lowest BCUT2D eigenvalue weighted by Gasteiger charge is -2.07. The number of ether oxygens (including phenoxy) is 1. The van der Waals surface area contributed by atoms with Gasteiger partial charge in [-0.15, -0.1) is 0 Å². The second-order valence-corrected chi connectivity index (χ2v) is 6.27. The fourth-order valence-corrected chi connectivity index (χ4v) is 2.33. The Hall–Kier alpha value is -2.47. The smallest absolute Gasteiger partial charge is 0.306 e. The van der Waals surface area contributed by atoms with Gasteiger partial charge in [-0.05, 0) is 17.7 Å². The van der Waals surface area contributed by atoms with Gasteiger partial charge in [0.25, 0.3) is 5.91 Å². The first-order chi connectivity index (χ1) is 12.0. The van der Waals surface area contributed by atoms with Gasteiger partial charge in [-0.1, -0.05) is 58.4 Å². The van der Waals surface area contributed by atoms with Crippen molar-refractivity contribution in [1.82, 2.24) is 5.32 Å². The number of carbonyl (C=O) groups excluding carboxylic acids is 3. The van der Waals surface area contributed by atoms with Crippen molar-refractivity contribution < 1.29 is 19.1 Å². The summed E-state index contributed by atoms with van der Waals surface area (Å²) < 4.78 is 5.77. The Morgan fingerprint density at radius 3 is 2.28 bits per heavy atom. The second kappa shape index (κ2) is 9.74. The molecule has 0 bridgehead atoms. The average Bonchev–Trinajstić information content (AvgIpc) is 2.64. The van der Waals surface area contributed by atoms with Gasteiger partial charge in [0.1, 0.15) is 0 Å². The van der Waals surface area contributed by atoms with Crippen molar-refractivity contribution in [1.29, 1.82) is 0 Å². The quantitative estimate of drug-likeness (QED) is 0.542. The van der Waals surface area contributed by atoms with Gasteiger partial charge in [0.2, 0.25) is 0 Å². The number of hydrogen-bond acceptors (Lipinski definition) is 4. The minimum absolute atomic E-state index is 0.0477. The Morgan fingerprint density at radius 1 is 0.920 bits per heavy atom. The fraction of sp³-hybridized carbons (Fsp3) is 0.211. The van der Waals surface area contributed by atoms with Crippen LogP contribution in [0.25, 0.3) is 0 Å². The molecule has 0 atom stereocenters. The third-order valence-corrected chi connectivity index (χ3v) is 3.95. The van der Waals surface area contributed by atoms with E-state index in [1.54, 1.807) is 24.3 Å². The molecule has 0 heterocycles. The van der Waals surface area contributed by atoms with Crippen molar-refractivity contribution in [2.45, 2.75) is 19.4 Å². The van der Waals surface area contributed by atoms with E-state index in [1.807, 2.05) is 30.3 Å². The molecular formula is C19H18BrNO4. The highest BCUT2D eigenvalue weighted by atomic mass is 79.9. The van der Waals surface area contributed by atoms with Crippen molar-refractivity contribution in [2.24, 2.45) is 0 Å². The summed E-state index contributed by atoms with van der Waals surface area (Å²) in [4.78, 5) is 35.3. The maximum atomic E-state index is 12.0. The third-order valence-electron chi connectivity index (χ3n) is 3.42. The molecule has 5 nitrogen and oxygen atoms in total. The van der Waals surface area contributed by atoms with Gasteiger partial charge >= 0.3 is 5.97 Å². The molecule has 1 amide bonds. The Morgan fingerprint density at radius 2 is 1.60 bits per heavy atom. The third kappa shape index (κ3) is 6.89. The highest BCUT2D eigenvalue weighted by molar-refractivity contribution is 9.10. The average molecular weight is 404 g/mol. The van der Waals surface area contributed by atoms with Crippen molar-refractivity contribution in [3.63, 3.8) is 0 Å². The molecule has 2 aromatic rings. The van der Waals surface area contributed by atoms with Gasteiger partial charge in [0, 0.05) is 23.0 Å². The molecule has 6 heteroatoms. The van der Waals surface area contributed by atoms with Crippen LogP contribution >= 0.6 is 15.9 Å². The first-order valence-corrected chi connectivity index (χ1v) is 8.59. The molecule has 25 heavy (non-hydrogen) atoms. The Bertz CT molecular complexity index is 729. The van der Waals surface area contributed by atoms with Crippen LogP contribution in [0.4, 0.5) is 0 Å². The van der Waals surface area contributed by atoms with Crippen LogP contribution in [0, 0.1) is 0 Å². The lowest BCUT2D eigenvalue weighted by Crippen LogP contribution is -2.28. The molecule has 1 N–H and O–H groups in total. The fourth-order valence-electron chi connectivity index (χ4n) is 2.06. The van der Waals surface area contributed by atoms with Crippen molar-refractivity contribution in [2.75, 3.05) is 6.61 Å². The largest absolute Gasteiger partial charge is 0.456 e. The summed E-state index contributed by atoms with van der Waals surface area (Å²) in [5, 5.41) is 2.66. The van der Waals surface area contributed by atoms with Crippen molar-refractivity contribution >= 4 is 33.6 Å². The molecule has 0 unspecified atom stereocenters. The second-order valence-electron chi connectivity index (χ2n) is 5.35. The van der Waals surface area contributed by atoms with E-state index in [9.17, 15) is 14.4 Å². The zero-order chi connectivity index (χ0) is 18.1. The zero-order valence-electron chi connectivity index (χ0n) is 13.5. The summed E-state index contributed by atoms with van der Waals surface area (Å²) >= 11 is 3.30. The molecule has 0 fully saturated rings. The molecule has 0 aliphatic heterocycles. The molecule has 2 aromatic carbocycles. The highest BCUT2D eigenvalue weighted by Crippen LogP contribution is 2.12. The van der Waals surface area contributed by atoms with E-state index >= 15 is 0 Å². The molecule has 0 saturated heterocycles. The SMILES string of the molecule is O=C(COC(=O)CCC(=O)c1ccc(Br)cc1)NCc1ccccc1. The number of benzene rings is 2. The molecular weight excluding hydrogens is 386 g/mol. The normalized spacial score (nSPS) is 10.1. The van der Waals surface area contributed by atoms with Crippen LogP contribution in [0.15, 0.2) is 59.1 Å². The highest BCUT2D eigenvalue weighted by Gasteiger charge is 2.12. The Labute approximate surface area is 154 Å². The van der Waals surface area contributed by atoms with Crippen molar-refractivity contribution in [3.8, 4) is 0 Å². The van der Waals surface area contributed by atoms with E-state index < -0.39 is 5.97 Å². The summed E-state index contributed by atoms with van der Waals surface area (Å²) in [5.41, 5.74) is 1.50. The van der Waals surface area contributed by atoms with Gasteiger partial charge in [0.05, 0.1) is 6.42 Å². The topological polar surface area (TPSA) is 72.5 Å². The van der Waals surface area contributed by atoms with E-state index in [0.717, 1.165) is 10.0 Å². The van der Waals surface area contributed by atoms with Crippen LogP contribution in [-0.2, 0) is 20.9 Å². The van der Waals surface area contributed by atoms with E-state index in [-0.39, 0.29) is 31.1 Å². The van der Waals surface area contributed by atoms with Crippen LogP contribution in [-0.4, -0.2) is 24.3 Å². The standard InChI is InChI=1S/C19H18BrNO4/c20-16-8-6-15(7-9-16)17(22)10-11-19(24)25-13-18(23)21-12-14-4-2-1-3-5-14/h1-9H,10-13H2,(H,21,23). The van der Waals surface area contributed by atoms with E-state index in [0.29, 0.717) is 12.1 Å². The zero-order valence-corrected chi connectivity index (χ0v) is 15.1. The van der Waals surface area contributed by atoms with Crippen LogP contribution in [0.3, 0.4) is 0 Å². The molecule has 130 valence electrons. The van der Waals surface area contributed by atoms with E-state index in [1.165, 1.54) is 0 Å². The number of esters is 1. The number of carbonyl (C=O) groups is 3. The Balaban J connectivity index is 1.65. The summed E-state index contributed by atoms with van der Waals surface area (Å²) in [6.07, 6.45) is -0.00698. The van der Waals surface area contributed by atoms with E-state index in [2.05, 4.69) is 21.2 Å². The lowest BCUT2D eigenvalue weighted by atomic mass is 10.1. The molecule has 0 aromatic heterocycles. The summed E-state index contributed by atoms with van der Waals surface area (Å²) in [7, 11) is 0. The first-order valence-electron chi connectivity index (χ1n) is 7.79. The lowest BCUT2D eigenvalue weighted by molar-refractivity contribution is -0.148. The molecule has 0 radical (unpaired) electrons. The van der Waals surface area contributed by atoms with Gasteiger partial charge in [0.15, 0.2) is 12.4 Å². The first kappa shape index (κ1) is 18.9. The van der Waals surface area contributed by atoms with E-state index in [4.69, 9.17) is 4.74 Å². The number of Topliss-reactive ketones (excluding diaryl/α,β-unsaturated/α-hetero) is 1. The summed E-state index contributed by atoms with van der Waals surface area (Å²) in [5.74, 6) is -1.09. The van der Waals surface area contributed by atoms with Gasteiger partial charge in [-0.2, -0.15) is 0 Å². The van der Waals surface area contributed by atoms with Crippen LogP contribution in [0.5, 0.6) is 0 Å².